The van der Waals surface area contributed by atoms with E-state index in [0.29, 0.717) is 26.1 Å². The number of benzene rings is 1. The Hall–Kier alpha value is -2.02. The van der Waals surface area contributed by atoms with Crippen molar-refractivity contribution in [1.82, 2.24) is 10.6 Å². The Kier molecular flexibility index (Phi) is 7.97. The highest BCUT2D eigenvalue weighted by Gasteiger charge is 2.29. The fourth-order valence-electron chi connectivity index (χ4n) is 2.63. The van der Waals surface area contributed by atoms with Crippen molar-refractivity contribution in [3.63, 3.8) is 0 Å². The van der Waals surface area contributed by atoms with Crippen LogP contribution in [0.2, 0.25) is 0 Å². The number of guanidine groups is 1. The number of nitrogens with one attached hydrogen (secondary N) is 2. The molecule has 0 spiro atoms. The van der Waals surface area contributed by atoms with Crippen LogP contribution in [-0.4, -0.2) is 38.8 Å². The molecule has 4 nitrogen and oxygen atoms in total. The minimum Gasteiger partial charge on any atom is -0.377 e. The molecule has 2 rings (SSSR count). The van der Waals surface area contributed by atoms with Crippen molar-refractivity contribution in [2.45, 2.75) is 32.4 Å². The van der Waals surface area contributed by atoms with Crippen molar-refractivity contribution in [2.24, 2.45) is 4.99 Å². The van der Waals surface area contributed by atoms with Gasteiger partial charge in [0.15, 0.2) is 5.96 Å². The molecular weight excluding hydrogens is 343 g/mol. The van der Waals surface area contributed by atoms with E-state index in [4.69, 9.17) is 4.74 Å². The topological polar surface area (TPSA) is 45.7 Å². The lowest BCUT2D eigenvalue weighted by Crippen LogP contribution is -2.38. The molecule has 0 saturated heterocycles. The normalized spacial score (nSPS) is 15.5. The van der Waals surface area contributed by atoms with Crippen molar-refractivity contribution < 1.29 is 17.9 Å². The molecular formula is C19H26F3N3O. The van der Waals surface area contributed by atoms with Crippen LogP contribution in [0.15, 0.2) is 40.9 Å². The maximum atomic E-state index is 12.6. The third-order valence-corrected chi connectivity index (χ3v) is 4.09. The Morgan fingerprint density at radius 2 is 1.92 bits per heavy atom. The quantitative estimate of drug-likeness (QED) is 0.439. The summed E-state index contributed by atoms with van der Waals surface area (Å²) in [4.78, 5) is 4.55. The van der Waals surface area contributed by atoms with Gasteiger partial charge >= 0.3 is 6.18 Å². The van der Waals surface area contributed by atoms with Gasteiger partial charge in [0.2, 0.25) is 0 Å². The zero-order valence-electron chi connectivity index (χ0n) is 15.0. The Morgan fingerprint density at radius 3 is 2.54 bits per heavy atom. The summed E-state index contributed by atoms with van der Waals surface area (Å²) in [6.07, 6.45) is 0.336. The molecule has 0 aliphatic carbocycles. The van der Waals surface area contributed by atoms with Gasteiger partial charge < -0.3 is 15.4 Å². The zero-order valence-corrected chi connectivity index (χ0v) is 15.0. The largest absolute Gasteiger partial charge is 0.416 e. The molecule has 1 aromatic carbocycles. The molecule has 26 heavy (non-hydrogen) atoms. The number of nitrogens with zero attached hydrogens (tertiary/aromatic N) is 1. The molecule has 0 atom stereocenters. The van der Waals surface area contributed by atoms with E-state index in [-0.39, 0.29) is 0 Å². The third-order valence-electron chi connectivity index (χ3n) is 4.09. The first-order chi connectivity index (χ1) is 12.5. The fourth-order valence-corrected chi connectivity index (χ4v) is 2.63. The van der Waals surface area contributed by atoms with Crippen LogP contribution in [0.4, 0.5) is 13.2 Å². The van der Waals surface area contributed by atoms with Gasteiger partial charge in [0.05, 0.1) is 18.8 Å². The van der Waals surface area contributed by atoms with E-state index in [0.717, 1.165) is 49.6 Å². The lowest BCUT2D eigenvalue weighted by molar-refractivity contribution is -0.137. The van der Waals surface area contributed by atoms with Gasteiger partial charge in [-0.15, -0.1) is 0 Å². The van der Waals surface area contributed by atoms with E-state index >= 15 is 0 Å². The van der Waals surface area contributed by atoms with Crippen LogP contribution in [0.25, 0.3) is 0 Å². The fraction of sp³-hybridized carbons (Fsp3) is 0.526. The van der Waals surface area contributed by atoms with Gasteiger partial charge in [0, 0.05) is 19.6 Å². The minimum atomic E-state index is -4.29. The van der Waals surface area contributed by atoms with Gasteiger partial charge in [-0.1, -0.05) is 23.8 Å². The average Bonchev–Trinajstić information content (AvgIpc) is 2.62. The minimum absolute atomic E-state index is 0.605. The first-order valence-electron chi connectivity index (χ1n) is 8.93. The summed E-state index contributed by atoms with van der Waals surface area (Å²) in [6, 6.07) is 5.28. The van der Waals surface area contributed by atoms with Crippen LogP contribution in [0.5, 0.6) is 0 Å². The average molecular weight is 369 g/mol. The zero-order chi connectivity index (χ0) is 18.8. The Balaban J connectivity index is 1.78. The number of hydrogen-bond donors (Lipinski definition) is 2. The monoisotopic (exact) mass is 369 g/mol. The molecule has 0 aromatic heterocycles. The van der Waals surface area contributed by atoms with Crippen molar-refractivity contribution in [3.8, 4) is 0 Å². The maximum Gasteiger partial charge on any atom is 0.416 e. The molecule has 7 heteroatoms. The summed E-state index contributed by atoms with van der Waals surface area (Å²) in [6.45, 7) is 5.51. The third kappa shape index (κ3) is 7.07. The Morgan fingerprint density at radius 1 is 1.15 bits per heavy atom. The highest BCUT2D eigenvalue weighted by atomic mass is 19.4. The number of aliphatic imine (C=N–C) groups is 1. The van der Waals surface area contributed by atoms with E-state index < -0.39 is 11.7 Å². The molecule has 1 aliphatic heterocycles. The van der Waals surface area contributed by atoms with Crippen LogP contribution in [0.3, 0.4) is 0 Å². The van der Waals surface area contributed by atoms with Crippen LogP contribution in [-0.2, 0) is 17.3 Å². The number of ether oxygens (including phenoxy) is 1. The van der Waals surface area contributed by atoms with E-state index in [1.54, 1.807) is 0 Å². The van der Waals surface area contributed by atoms with Crippen molar-refractivity contribution in [3.05, 3.63) is 47.0 Å². The lowest BCUT2D eigenvalue weighted by atomic mass is 10.1. The Labute approximate surface area is 152 Å². The highest BCUT2D eigenvalue weighted by molar-refractivity contribution is 5.79. The van der Waals surface area contributed by atoms with Crippen LogP contribution >= 0.6 is 0 Å². The van der Waals surface area contributed by atoms with Gasteiger partial charge in [-0.05, 0) is 43.9 Å². The molecule has 0 radical (unpaired) electrons. The predicted octanol–water partition coefficient (Wildman–Crippen LogP) is 3.54. The molecule has 144 valence electrons. The number of rotatable bonds is 7. The van der Waals surface area contributed by atoms with E-state index in [2.05, 4.69) is 21.7 Å². The molecule has 0 saturated carbocycles. The lowest BCUT2D eigenvalue weighted by Gasteiger charge is -2.14. The number of hydrogen-bond acceptors (Lipinski definition) is 2. The second kappa shape index (κ2) is 10.2. The summed E-state index contributed by atoms with van der Waals surface area (Å²) in [7, 11) is 0. The van der Waals surface area contributed by atoms with Crippen LogP contribution < -0.4 is 10.6 Å². The number of halogens is 3. The summed E-state index contributed by atoms with van der Waals surface area (Å²) in [5, 5.41) is 6.41. The molecule has 1 aliphatic rings. The smallest absolute Gasteiger partial charge is 0.377 e. The SMILES string of the molecule is CCNC(=NCCC1=CCOCC1)NCCc1ccc(C(F)(F)F)cc1. The van der Waals surface area contributed by atoms with Gasteiger partial charge in [0.1, 0.15) is 0 Å². The van der Waals surface area contributed by atoms with Crippen LogP contribution in [0, 0.1) is 0 Å². The summed E-state index contributed by atoms with van der Waals surface area (Å²) < 4.78 is 43.0. The first-order valence-corrected chi connectivity index (χ1v) is 8.93. The standard InChI is InChI=1S/C19H26F3N3O/c1-2-23-18(25-12-8-16-9-13-26-14-10-16)24-11-7-15-3-5-17(6-4-15)19(20,21)22/h3-6,9H,2,7-8,10-14H2,1H3,(H2,23,24,25). The van der Waals surface area contributed by atoms with Gasteiger partial charge in [0.25, 0.3) is 0 Å². The molecule has 0 amide bonds. The molecule has 0 bridgehead atoms. The van der Waals surface area contributed by atoms with Gasteiger partial charge in [-0.2, -0.15) is 13.2 Å². The van der Waals surface area contributed by atoms with Crippen molar-refractivity contribution >= 4 is 5.96 Å². The number of alkyl halides is 3. The summed E-state index contributed by atoms with van der Waals surface area (Å²) in [5.74, 6) is 0.729. The second-order valence-corrected chi connectivity index (χ2v) is 6.07. The molecule has 0 fully saturated rings. The molecule has 1 aromatic rings. The molecule has 1 heterocycles. The summed E-state index contributed by atoms with van der Waals surface area (Å²) in [5.41, 5.74) is 1.61. The molecule has 0 unspecified atom stereocenters. The van der Waals surface area contributed by atoms with Crippen LogP contribution in [0.1, 0.15) is 30.9 Å². The molecule has 2 N–H and O–H groups in total. The summed E-state index contributed by atoms with van der Waals surface area (Å²) >= 11 is 0. The highest BCUT2D eigenvalue weighted by Crippen LogP contribution is 2.29. The van der Waals surface area contributed by atoms with Gasteiger partial charge in [-0.3, -0.25) is 4.99 Å². The Bertz CT molecular complexity index is 609. The van der Waals surface area contributed by atoms with E-state index in [9.17, 15) is 13.2 Å². The van der Waals surface area contributed by atoms with Crippen molar-refractivity contribution in [2.75, 3.05) is 32.8 Å². The van der Waals surface area contributed by atoms with E-state index in [1.807, 2.05) is 6.92 Å². The second-order valence-electron chi connectivity index (χ2n) is 6.07. The van der Waals surface area contributed by atoms with E-state index in [1.165, 1.54) is 17.7 Å². The predicted molar refractivity (Wildman–Crippen MR) is 97.3 cm³/mol. The van der Waals surface area contributed by atoms with Crippen molar-refractivity contribution in [1.29, 1.82) is 0 Å². The van der Waals surface area contributed by atoms with Gasteiger partial charge in [-0.25, -0.2) is 0 Å². The first kappa shape index (κ1) is 20.3. The maximum absolute atomic E-state index is 12.6.